The van der Waals surface area contributed by atoms with Gasteiger partial charge in [-0.3, -0.25) is 0 Å². The van der Waals surface area contributed by atoms with Gasteiger partial charge in [-0.05, 0) is 12.1 Å². The minimum atomic E-state index is -0.257. The Morgan fingerprint density at radius 3 is 2.50 bits per heavy atom. The molecule has 0 amide bonds. The van der Waals surface area contributed by atoms with E-state index in [1.165, 1.54) is 0 Å². The highest BCUT2D eigenvalue weighted by Gasteiger charge is 2.10. The highest BCUT2D eigenvalue weighted by molar-refractivity contribution is 7.12. The molecule has 2 nitrogen and oxygen atoms in total. The smallest absolute Gasteiger partial charge is 0.192 e. The van der Waals surface area contributed by atoms with Crippen molar-refractivity contribution in [2.45, 2.75) is 12.2 Å². The first-order valence-electron chi connectivity index (χ1n) is 3.52. The van der Waals surface area contributed by atoms with Gasteiger partial charge in [-0.15, -0.1) is 22.9 Å². The summed E-state index contributed by atoms with van der Waals surface area (Å²) in [7, 11) is 3.24. The van der Waals surface area contributed by atoms with E-state index in [0.29, 0.717) is 5.88 Å². The molecule has 0 unspecified atom stereocenters. The standard InChI is InChI=1S/C8H11ClO2S/c1-10-8(11-2)7-4-3-6(5-9)12-7/h3-4,8H,5H2,1-2H3. The molecule has 0 fully saturated rings. The van der Waals surface area contributed by atoms with Gasteiger partial charge in [0.05, 0.1) is 10.8 Å². The van der Waals surface area contributed by atoms with Crippen molar-refractivity contribution < 1.29 is 9.47 Å². The van der Waals surface area contributed by atoms with Gasteiger partial charge in [0.15, 0.2) is 6.29 Å². The van der Waals surface area contributed by atoms with Gasteiger partial charge in [-0.2, -0.15) is 0 Å². The van der Waals surface area contributed by atoms with Crippen molar-refractivity contribution in [2.75, 3.05) is 14.2 Å². The van der Waals surface area contributed by atoms with Crippen molar-refractivity contribution in [3.63, 3.8) is 0 Å². The van der Waals surface area contributed by atoms with Gasteiger partial charge in [0.25, 0.3) is 0 Å². The SMILES string of the molecule is COC(OC)c1ccc(CCl)s1. The van der Waals surface area contributed by atoms with Gasteiger partial charge >= 0.3 is 0 Å². The third kappa shape index (κ3) is 2.20. The summed E-state index contributed by atoms with van der Waals surface area (Å²) < 4.78 is 10.2. The van der Waals surface area contributed by atoms with Crippen molar-refractivity contribution >= 4 is 22.9 Å². The second kappa shape index (κ2) is 4.82. The van der Waals surface area contributed by atoms with Gasteiger partial charge in [0.2, 0.25) is 0 Å². The lowest BCUT2D eigenvalue weighted by Gasteiger charge is -2.10. The normalized spacial score (nSPS) is 11.0. The summed E-state index contributed by atoms with van der Waals surface area (Å²) in [5, 5.41) is 0. The molecule has 0 saturated carbocycles. The van der Waals surface area contributed by atoms with Crippen molar-refractivity contribution in [1.82, 2.24) is 0 Å². The fourth-order valence-electron chi connectivity index (χ4n) is 0.922. The monoisotopic (exact) mass is 206 g/mol. The molecule has 12 heavy (non-hydrogen) atoms. The molecular formula is C8H11ClO2S. The molecule has 4 heteroatoms. The Labute approximate surface area is 81.1 Å². The highest BCUT2D eigenvalue weighted by atomic mass is 35.5. The Bertz CT molecular complexity index is 233. The van der Waals surface area contributed by atoms with Crippen LogP contribution in [0, 0.1) is 0 Å². The molecule has 0 N–H and O–H groups in total. The number of halogens is 1. The molecule has 68 valence electrons. The van der Waals surface area contributed by atoms with Gasteiger partial charge in [-0.25, -0.2) is 0 Å². The van der Waals surface area contributed by atoms with Crippen LogP contribution in [0.3, 0.4) is 0 Å². The Morgan fingerprint density at radius 2 is 2.08 bits per heavy atom. The molecule has 0 aromatic carbocycles. The van der Waals surface area contributed by atoms with E-state index >= 15 is 0 Å². The zero-order chi connectivity index (χ0) is 8.97. The number of ether oxygens (including phenoxy) is 2. The van der Waals surface area contributed by atoms with Crippen LogP contribution in [0.25, 0.3) is 0 Å². The fourth-order valence-corrected chi connectivity index (χ4v) is 2.09. The van der Waals surface area contributed by atoms with Crippen LogP contribution in [-0.4, -0.2) is 14.2 Å². The quantitative estimate of drug-likeness (QED) is 0.557. The Hall–Kier alpha value is -0.0900. The summed E-state index contributed by atoms with van der Waals surface area (Å²) in [4.78, 5) is 2.18. The zero-order valence-electron chi connectivity index (χ0n) is 7.04. The van der Waals surface area contributed by atoms with Crippen molar-refractivity contribution in [2.24, 2.45) is 0 Å². The lowest BCUT2D eigenvalue weighted by atomic mass is 10.4. The fraction of sp³-hybridized carbons (Fsp3) is 0.500. The largest absolute Gasteiger partial charge is 0.351 e. The molecule has 1 aromatic rings. The first-order valence-corrected chi connectivity index (χ1v) is 4.87. The second-order valence-corrected chi connectivity index (χ2v) is 3.71. The molecular weight excluding hydrogens is 196 g/mol. The molecule has 0 aliphatic carbocycles. The van der Waals surface area contributed by atoms with Gasteiger partial charge in [-0.1, -0.05) is 0 Å². The molecule has 0 aliphatic heterocycles. The Kier molecular flexibility index (Phi) is 4.01. The maximum Gasteiger partial charge on any atom is 0.192 e. The molecule has 0 bridgehead atoms. The van der Waals surface area contributed by atoms with Crippen LogP contribution in [0.4, 0.5) is 0 Å². The van der Waals surface area contributed by atoms with Crippen molar-refractivity contribution in [3.05, 3.63) is 21.9 Å². The van der Waals surface area contributed by atoms with Crippen LogP contribution in [0.15, 0.2) is 12.1 Å². The molecule has 0 spiro atoms. The van der Waals surface area contributed by atoms with Gasteiger partial charge in [0.1, 0.15) is 0 Å². The average Bonchev–Trinajstić information content (AvgIpc) is 2.55. The lowest BCUT2D eigenvalue weighted by molar-refractivity contribution is -0.103. The summed E-state index contributed by atoms with van der Waals surface area (Å²) in [6.45, 7) is 0. The van der Waals surface area contributed by atoms with E-state index in [0.717, 1.165) is 9.75 Å². The minimum absolute atomic E-state index is 0.257. The second-order valence-electron chi connectivity index (χ2n) is 2.24. The molecule has 0 radical (unpaired) electrons. The summed E-state index contributed by atoms with van der Waals surface area (Å²) in [5.74, 6) is 0.546. The molecule has 1 aromatic heterocycles. The number of thiophene rings is 1. The summed E-state index contributed by atoms with van der Waals surface area (Å²) in [6.07, 6.45) is -0.257. The van der Waals surface area contributed by atoms with Crippen LogP contribution in [0.1, 0.15) is 16.0 Å². The summed E-state index contributed by atoms with van der Waals surface area (Å²) in [6, 6.07) is 3.96. The van der Waals surface area contributed by atoms with E-state index < -0.39 is 0 Å². The van der Waals surface area contributed by atoms with E-state index in [9.17, 15) is 0 Å². The van der Waals surface area contributed by atoms with Crippen molar-refractivity contribution in [1.29, 1.82) is 0 Å². The maximum absolute atomic E-state index is 5.66. The molecule has 1 rings (SSSR count). The third-order valence-corrected chi connectivity index (χ3v) is 3.03. The van der Waals surface area contributed by atoms with Gasteiger partial charge in [0, 0.05) is 19.1 Å². The Morgan fingerprint density at radius 1 is 1.42 bits per heavy atom. The van der Waals surface area contributed by atoms with Gasteiger partial charge < -0.3 is 9.47 Å². The maximum atomic E-state index is 5.66. The summed E-state index contributed by atoms with van der Waals surface area (Å²) >= 11 is 7.27. The number of methoxy groups -OCH3 is 2. The van der Waals surface area contributed by atoms with E-state index in [1.807, 2.05) is 12.1 Å². The van der Waals surface area contributed by atoms with Crippen LogP contribution < -0.4 is 0 Å². The summed E-state index contributed by atoms with van der Waals surface area (Å²) in [5.41, 5.74) is 0. The predicted molar refractivity (Wildman–Crippen MR) is 50.6 cm³/mol. The van der Waals surface area contributed by atoms with Crippen molar-refractivity contribution in [3.8, 4) is 0 Å². The number of alkyl halides is 1. The van der Waals surface area contributed by atoms with Crippen LogP contribution in [0.2, 0.25) is 0 Å². The first kappa shape index (κ1) is 9.99. The minimum Gasteiger partial charge on any atom is -0.351 e. The predicted octanol–water partition coefficient (Wildman–Crippen LogP) is 2.78. The average molecular weight is 207 g/mol. The first-order chi connectivity index (χ1) is 5.81. The topological polar surface area (TPSA) is 18.5 Å². The number of hydrogen-bond acceptors (Lipinski definition) is 3. The van der Waals surface area contributed by atoms with E-state index in [1.54, 1.807) is 25.6 Å². The van der Waals surface area contributed by atoms with Crippen LogP contribution in [-0.2, 0) is 15.4 Å². The molecule has 0 atom stereocenters. The molecule has 0 saturated heterocycles. The van der Waals surface area contributed by atoms with E-state index in [2.05, 4.69) is 0 Å². The van der Waals surface area contributed by atoms with E-state index in [4.69, 9.17) is 21.1 Å². The van der Waals surface area contributed by atoms with Crippen LogP contribution in [0.5, 0.6) is 0 Å². The highest BCUT2D eigenvalue weighted by Crippen LogP contribution is 2.26. The Balaban J connectivity index is 2.72. The zero-order valence-corrected chi connectivity index (χ0v) is 8.61. The lowest BCUT2D eigenvalue weighted by Crippen LogP contribution is -2.00. The van der Waals surface area contributed by atoms with E-state index in [-0.39, 0.29) is 6.29 Å². The molecule has 1 heterocycles. The number of hydrogen-bond donors (Lipinski definition) is 0. The molecule has 0 aliphatic rings. The third-order valence-electron chi connectivity index (χ3n) is 1.47. The number of rotatable bonds is 4. The van der Waals surface area contributed by atoms with Crippen LogP contribution >= 0.6 is 22.9 Å².